The molecule has 1 aliphatic rings. The monoisotopic (exact) mass is 397 g/mol. The highest BCUT2D eigenvalue weighted by Crippen LogP contribution is 2.46. The third-order valence-corrected chi connectivity index (χ3v) is 6.05. The molecule has 3 aromatic rings. The minimum atomic E-state index is -0.371. The third-order valence-electron chi connectivity index (χ3n) is 4.67. The van der Waals surface area contributed by atoms with E-state index in [1.807, 2.05) is 33.8 Å². The number of benzene rings is 1. The molecule has 1 aliphatic heterocycles. The van der Waals surface area contributed by atoms with Crippen molar-refractivity contribution in [2.24, 2.45) is 0 Å². The number of nitrogens with zero attached hydrogens (tertiary/aromatic N) is 4. The predicted octanol–water partition coefficient (Wildman–Crippen LogP) is 3.89. The quantitative estimate of drug-likeness (QED) is 0.710. The molecule has 0 radical (unpaired) electrons. The Kier molecular flexibility index (Phi) is 4.66. The molecule has 2 atom stereocenters. The Morgan fingerprint density at radius 1 is 1.14 bits per heavy atom. The third kappa shape index (κ3) is 3.17. The van der Waals surface area contributed by atoms with Crippen LogP contribution in [0, 0.1) is 26.6 Å². The first kappa shape index (κ1) is 18.6. The Morgan fingerprint density at radius 3 is 2.50 bits per heavy atom. The number of hydrogen-bond acceptors (Lipinski definition) is 5. The molecule has 1 amide bonds. The van der Waals surface area contributed by atoms with Crippen molar-refractivity contribution in [1.82, 2.24) is 19.7 Å². The predicted molar refractivity (Wildman–Crippen MR) is 107 cm³/mol. The zero-order valence-corrected chi connectivity index (χ0v) is 16.8. The summed E-state index contributed by atoms with van der Waals surface area (Å²) in [4.78, 5) is 21.6. The van der Waals surface area contributed by atoms with Crippen LogP contribution in [0.15, 0.2) is 30.3 Å². The van der Waals surface area contributed by atoms with Gasteiger partial charge in [0.25, 0.3) is 5.95 Å². The van der Waals surface area contributed by atoms with E-state index in [9.17, 15) is 9.18 Å². The summed E-state index contributed by atoms with van der Waals surface area (Å²) >= 11 is 1.41. The summed E-state index contributed by atoms with van der Waals surface area (Å²) in [5.74, 6) is 0.421. The molecule has 0 saturated heterocycles. The van der Waals surface area contributed by atoms with Crippen LogP contribution in [0.3, 0.4) is 0 Å². The maximum absolute atomic E-state index is 14.6. The number of anilines is 1. The number of carbonyl (C=O) groups is 1. The largest absolute Gasteiger partial charge is 0.309 e. The number of rotatable bonds is 2. The molecule has 0 spiro atoms. The first-order valence-electron chi connectivity index (χ1n) is 8.98. The number of fused-ring (bicyclic) bond motifs is 1. The van der Waals surface area contributed by atoms with Gasteiger partial charge in [0.2, 0.25) is 5.91 Å². The van der Waals surface area contributed by atoms with E-state index in [1.165, 1.54) is 17.8 Å². The summed E-state index contributed by atoms with van der Waals surface area (Å²) in [6.07, 6.45) is 0. The van der Waals surface area contributed by atoms with Gasteiger partial charge in [0.1, 0.15) is 11.6 Å². The fourth-order valence-electron chi connectivity index (χ4n) is 3.39. The van der Waals surface area contributed by atoms with Crippen molar-refractivity contribution in [2.75, 3.05) is 5.32 Å². The Balaban J connectivity index is 1.95. The summed E-state index contributed by atoms with van der Waals surface area (Å²) in [5, 5.41) is 6.82. The molecule has 0 aliphatic carbocycles. The van der Waals surface area contributed by atoms with Crippen molar-refractivity contribution in [3.8, 4) is 5.95 Å². The zero-order valence-electron chi connectivity index (χ0n) is 16.0. The Labute approximate surface area is 166 Å². The first-order chi connectivity index (χ1) is 13.3. The van der Waals surface area contributed by atoms with E-state index < -0.39 is 0 Å². The van der Waals surface area contributed by atoms with Crippen LogP contribution in [0.2, 0.25) is 0 Å². The number of thioether (sulfide) groups is 1. The fraction of sp³-hybridized carbons (Fsp3) is 0.300. The van der Waals surface area contributed by atoms with Gasteiger partial charge in [0.05, 0.1) is 16.2 Å². The van der Waals surface area contributed by atoms with Crippen molar-refractivity contribution in [3.05, 3.63) is 64.4 Å². The number of amides is 1. The average Bonchev–Trinajstić information content (AvgIpc) is 2.88. The van der Waals surface area contributed by atoms with Crippen LogP contribution in [0.25, 0.3) is 5.95 Å². The summed E-state index contributed by atoms with van der Waals surface area (Å²) in [6, 6.07) is 8.53. The SMILES string of the molecule is Cc1cc(C)nc(-n2nc(C)c3c2NC(=O)C(C)SC3c2ccccc2F)n1. The molecule has 28 heavy (non-hydrogen) atoms. The lowest BCUT2D eigenvalue weighted by Gasteiger charge is -2.18. The minimum absolute atomic E-state index is 0.157. The molecule has 0 fully saturated rings. The van der Waals surface area contributed by atoms with E-state index in [4.69, 9.17) is 0 Å². The van der Waals surface area contributed by atoms with E-state index in [0.717, 1.165) is 17.0 Å². The van der Waals surface area contributed by atoms with Gasteiger partial charge in [-0.15, -0.1) is 11.8 Å². The van der Waals surface area contributed by atoms with Gasteiger partial charge in [0.15, 0.2) is 0 Å². The second-order valence-corrected chi connectivity index (χ2v) is 8.33. The molecule has 144 valence electrons. The molecule has 0 bridgehead atoms. The fourth-order valence-corrected chi connectivity index (χ4v) is 4.74. The molecule has 6 nitrogen and oxygen atoms in total. The lowest BCUT2D eigenvalue weighted by Crippen LogP contribution is -2.23. The highest BCUT2D eigenvalue weighted by Gasteiger charge is 2.35. The van der Waals surface area contributed by atoms with E-state index in [0.29, 0.717) is 23.0 Å². The normalized spacial score (nSPS) is 19.1. The van der Waals surface area contributed by atoms with Crippen molar-refractivity contribution in [3.63, 3.8) is 0 Å². The molecular weight excluding hydrogens is 377 g/mol. The minimum Gasteiger partial charge on any atom is -0.309 e. The summed E-state index contributed by atoms with van der Waals surface area (Å²) in [5.41, 5.74) is 3.61. The standard InChI is InChI=1S/C20H20FN5OS/c1-10-9-11(2)23-20(22-10)26-18-16(12(3)25-26)17(28-13(4)19(27)24-18)14-7-5-6-8-15(14)21/h5-9,13,17H,1-4H3,(H,24,27). The molecule has 2 aromatic heterocycles. The molecule has 1 N–H and O–H groups in total. The average molecular weight is 397 g/mol. The van der Waals surface area contributed by atoms with E-state index >= 15 is 0 Å². The molecular formula is C20H20FN5OS. The Morgan fingerprint density at radius 2 is 1.82 bits per heavy atom. The number of carbonyl (C=O) groups excluding carboxylic acids is 1. The van der Waals surface area contributed by atoms with E-state index in [2.05, 4.69) is 20.4 Å². The Hall–Kier alpha value is -2.74. The van der Waals surface area contributed by atoms with Crippen LogP contribution in [-0.2, 0) is 4.79 Å². The number of hydrogen-bond donors (Lipinski definition) is 1. The van der Waals surface area contributed by atoms with Gasteiger partial charge in [-0.2, -0.15) is 9.78 Å². The van der Waals surface area contributed by atoms with E-state index in [1.54, 1.807) is 22.9 Å². The first-order valence-corrected chi connectivity index (χ1v) is 9.92. The second kappa shape index (κ2) is 7.01. The van der Waals surface area contributed by atoms with Gasteiger partial charge in [-0.25, -0.2) is 14.4 Å². The molecule has 8 heteroatoms. The van der Waals surface area contributed by atoms with Crippen molar-refractivity contribution in [1.29, 1.82) is 0 Å². The van der Waals surface area contributed by atoms with Crippen molar-refractivity contribution >= 4 is 23.5 Å². The highest BCUT2D eigenvalue weighted by atomic mass is 32.2. The zero-order chi connectivity index (χ0) is 20.0. The van der Waals surface area contributed by atoms with Crippen LogP contribution in [0.1, 0.15) is 40.4 Å². The van der Waals surface area contributed by atoms with Gasteiger partial charge in [-0.05, 0) is 39.8 Å². The maximum Gasteiger partial charge on any atom is 0.252 e. The summed E-state index contributed by atoms with van der Waals surface area (Å²) < 4.78 is 16.2. The summed E-state index contributed by atoms with van der Waals surface area (Å²) in [7, 11) is 0. The van der Waals surface area contributed by atoms with Crippen LogP contribution < -0.4 is 5.32 Å². The van der Waals surface area contributed by atoms with Gasteiger partial charge >= 0.3 is 0 Å². The summed E-state index contributed by atoms with van der Waals surface area (Å²) in [6.45, 7) is 7.44. The maximum atomic E-state index is 14.6. The van der Waals surface area contributed by atoms with Crippen LogP contribution in [-0.4, -0.2) is 30.9 Å². The second-order valence-electron chi connectivity index (χ2n) is 6.88. The van der Waals surface area contributed by atoms with Crippen molar-refractivity contribution < 1.29 is 9.18 Å². The highest BCUT2D eigenvalue weighted by molar-refractivity contribution is 8.01. The number of nitrogens with one attached hydrogen (secondary N) is 1. The number of aryl methyl sites for hydroxylation is 3. The molecule has 2 unspecified atom stereocenters. The molecule has 0 saturated carbocycles. The van der Waals surface area contributed by atoms with Crippen LogP contribution in [0.5, 0.6) is 0 Å². The van der Waals surface area contributed by atoms with Gasteiger partial charge in [-0.1, -0.05) is 18.2 Å². The van der Waals surface area contributed by atoms with E-state index in [-0.39, 0.29) is 22.2 Å². The van der Waals surface area contributed by atoms with Gasteiger partial charge < -0.3 is 5.32 Å². The number of aromatic nitrogens is 4. The van der Waals surface area contributed by atoms with Crippen molar-refractivity contribution in [2.45, 2.75) is 38.2 Å². The molecule has 3 heterocycles. The smallest absolute Gasteiger partial charge is 0.252 e. The van der Waals surface area contributed by atoms with Gasteiger partial charge in [-0.3, -0.25) is 4.79 Å². The topological polar surface area (TPSA) is 72.7 Å². The Bertz CT molecular complexity index is 1060. The van der Waals surface area contributed by atoms with Crippen LogP contribution >= 0.6 is 11.8 Å². The molecule has 4 rings (SSSR count). The molecule has 1 aromatic carbocycles. The van der Waals surface area contributed by atoms with Crippen LogP contribution in [0.4, 0.5) is 10.2 Å². The number of halogens is 1. The lowest BCUT2D eigenvalue weighted by molar-refractivity contribution is -0.115. The lowest BCUT2D eigenvalue weighted by atomic mass is 10.0. The van der Waals surface area contributed by atoms with Gasteiger partial charge in [0, 0.05) is 22.5 Å².